The van der Waals surface area contributed by atoms with Crippen LogP contribution in [0.25, 0.3) is 5.52 Å². The van der Waals surface area contributed by atoms with Gasteiger partial charge in [-0.1, -0.05) is 0 Å². The zero-order chi connectivity index (χ0) is 14.1. The fourth-order valence-electron chi connectivity index (χ4n) is 2.54. The molecule has 1 fully saturated rings. The molecule has 6 heteroatoms. The highest BCUT2D eigenvalue weighted by molar-refractivity contribution is 6.25. The van der Waals surface area contributed by atoms with E-state index in [1.165, 1.54) is 16.9 Å². The molecule has 0 unspecified atom stereocenters. The van der Waals surface area contributed by atoms with E-state index in [1.54, 1.807) is 12.4 Å². The first kappa shape index (κ1) is 12.7. The van der Waals surface area contributed by atoms with Gasteiger partial charge < -0.3 is 0 Å². The quantitative estimate of drug-likeness (QED) is 0.466. The maximum Gasteiger partial charge on any atom is 0.184 e. The Morgan fingerprint density at radius 2 is 1.85 bits per heavy atom. The van der Waals surface area contributed by atoms with Crippen molar-refractivity contribution in [1.29, 1.82) is 0 Å². The molecule has 0 radical (unpaired) electrons. The van der Waals surface area contributed by atoms with Gasteiger partial charge in [-0.25, -0.2) is 4.52 Å². The number of nitrogens with zero attached hydrogens (tertiary/aromatic N) is 3. The Hall–Kier alpha value is -2.37. The molecule has 2 heterocycles. The third-order valence-corrected chi connectivity index (χ3v) is 3.59. The number of ketones is 3. The van der Waals surface area contributed by atoms with Crippen molar-refractivity contribution in [2.75, 3.05) is 0 Å². The molecule has 3 rings (SSSR count). The summed E-state index contributed by atoms with van der Waals surface area (Å²) in [6.45, 7) is 0. The van der Waals surface area contributed by atoms with E-state index in [-0.39, 0.29) is 17.1 Å². The van der Waals surface area contributed by atoms with Crippen LogP contribution < -0.4 is 0 Å². The van der Waals surface area contributed by atoms with Crippen LogP contribution in [0.2, 0.25) is 0 Å². The molecule has 0 spiro atoms. The van der Waals surface area contributed by atoms with Crippen molar-refractivity contribution in [3.63, 3.8) is 0 Å². The van der Waals surface area contributed by atoms with Crippen LogP contribution in [0.4, 0.5) is 0 Å². The van der Waals surface area contributed by atoms with Crippen LogP contribution in [0, 0.1) is 5.92 Å². The maximum atomic E-state index is 12.5. The lowest BCUT2D eigenvalue weighted by Gasteiger charge is -2.09. The van der Waals surface area contributed by atoms with Crippen LogP contribution >= 0.6 is 0 Å². The van der Waals surface area contributed by atoms with E-state index in [9.17, 15) is 14.4 Å². The zero-order valence-corrected chi connectivity index (χ0v) is 10.8. The molecule has 0 N–H and O–H groups in total. The first-order valence-corrected chi connectivity index (χ1v) is 6.55. The van der Waals surface area contributed by atoms with Crippen LogP contribution in [-0.2, 0) is 9.59 Å². The Bertz CT molecular complexity index is 687. The monoisotopic (exact) mass is 271 g/mol. The van der Waals surface area contributed by atoms with Gasteiger partial charge in [-0.3, -0.25) is 19.4 Å². The fourth-order valence-corrected chi connectivity index (χ4v) is 2.54. The van der Waals surface area contributed by atoms with Gasteiger partial charge in [0, 0.05) is 25.2 Å². The van der Waals surface area contributed by atoms with Crippen molar-refractivity contribution in [1.82, 2.24) is 14.6 Å². The largest absolute Gasteiger partial charge is 0.298 e. The zero-order valence-electron chi connectivity index (χ0n) is 10.8. The summed E-state index contributed by atoms with van der Waals surface area (Å²) in [6, 6.07) is 0. The Balaban J connectivity index is 2.02. The van der Waals surface area contributed by atoms with Gasteiger partial charge in [-0.2, -0.15) is 5.10 Å². The van der Waals surface area contributed by atoms with Crippen LogP contribution in [0.15, 0.2) is 24.8 Å². The summed E-state index contributed by atoms with van der Waals surface area (Å²) in [7, 11) is 0. The first-order valence-electron chi connectivity index (χ1n) is 6.55. The van der Waals surface area contributed by atoms with E-state index < -0.39 is 11.7 Å². The second-order valence-corrected chi connectivity index (χ2v) is 4.90. The highest BCUT2D eigenvalue weighted by Crippen LogP contribution is 2.22. The number of hydrogen-bond donors (Lipinski definition) is 0. The summed E-state index contributed by atoms with van der Waals surface area (Å²) >= 11 is 0. The van der Waals surface area contributed by atoms with Gasteiger partial charge in [-0.15, -0.1) is 0 Å². The van der Waals surface area contributed by atoms with Crippen molar-refractivity contribution in [2.45, 2.75) is 25.7 Å². The number of rotatable bonds is 2. The number of aromatic nitrogens is 3. The lowest BCUT2D eigenvalue weighted by Crippen LogP contribution is -2.30. The molecular formula is C14H13N3O3. The molecule has 1 saturated carbocycles. The van der Waals surface area contributed by atoms with E-state index in [0.717, 1.165) is 0 Å². The summed E-state index contributed by atoms with van der Waals surface area (Å²) in [5.41, 5.74) is 0.800. The minimum atomic E-state index is -1.16. The summed E-state index contributed by atoms with van der Waals surface area (Å²) in [4.78, 5) is 40.5. The topological polar surface area (TPSA) is 81.4 Å². The van der Waals surface area contributed by atoms with Gasteiger partial charge in [0.05, 0.1) is 23.5 Å². The molecule has 1 aliphatic rings. The van der Waals surface area contributed by atoms with Gasteiger partial charge in [0.25, 0.3) is 0 Å². The fraction of sp³-hybridized carbons (Fsp3) is 0.357. The molecule has 2 aromatic heterocycles. The number of fused-ring (bicyclic) bond motifs is 1. The molecule has 20 heavy (non-hydrogen) atoms. The maximum absolute atomic E-state index is 12.5. The average molecular weight is 271 g/mol. The number of hydrogen-bond acceptors (Lipinski definition) is 5. The molecule has 0 amide bonds. The van der Waals surface area contributed by atoms with Crippen LogP contribution in [0.3, 0.4) is 0 Å². The standard InChI is InChI=1S/C14H13N3O3/c18-11-3-1-2-4-12(19)13(11)14(20)9-7-16-17-6-5-15-8-10(9)17/h5-8,13H,1-4H2. The lowest BCUT2D eigenvalue weighted by atomic mass is 9.89. The smallest absolute Gasteiger partial charge is 0.184 e. The Morgan fingerprint density at radius 1 is 1.15 bits per heavy atom. The molecular weight excluding hydrogens is 258 g/mol. The molecule has 2 aromatic rings. The van der Waals surface area contributed by atoms with Crippen LogP contribution in [0.5, 0.6) is 0 Å². The second kappa shape index (κ2) is 4.96. The SMILES string of the molecule is O=C1CCCCC(=O)C1C(=O)c1cnn2ccncc12. The normalized spacial score (nSPS) is 17.4. The van der Waals surface area contributed by atoms with Gasteiger partial charge in [0.15, 0.2) is 17.3 Å². The second-order valence-electron chi connectivity index (χ2n) is 4.90. The highest BCUT2D eigenvalue weighted by Gasteiger charge is 2.36. The predicted octanol–water partition coefficient (Wildman–Crippen LogP) is 1.24. The van der Waals surface area contributed by atoms with E-state index in [0.29, 0.717) is 31.2 Å². The Kier molecular flexibility index (Phi) is 3.14. The average Bonchev–Trinajstić information content (AvgIpc) is 2.80. The third-order valence-electron chi connectivity index (χ3n) is 3.59. The van der Waals surface area contributed by atoms with Crippen LogP contribution in [0.1, 0.15) is 36.0 Å². The summed E-state index contributed by atoms with van der Waals surface area (Å²) in [5, 5.41) is 4.04. The summed E-state index contributed by atoms with van der Waals surface area (Å²) in [6.07, 6.45) is 7.99. The molecule has 0 atom stereocenters. The van der Waals surface area contributed by atoms with Crippen LogP contribution in [-0.4, -0.2) is 31.9 Å². The van der Waals surface area contributed by atoms with Gasteiger partial charge >= 0.3 is 0 Å². The summed E-state index contributed by atoms with van der Waals surface area (Å²) < 4.78 is 1.51. The van der Waals surface area contributed by atoms with Crippen molar-refractivity contribution in [3.8, 4) is 0 Å². The molecule has 1 aliphatic carbocycles. The van der Waals surface area contributed by atoms with Crippen molar-refractivity contribution in [3.05, 3.63) is 30.4 Å². The number of Topliss-reactive ketones (excluding diaryl/α,β-unsaturated/α-hetero) is 3. The molecule has 6 nitrogen and oxygen atoms in total. The van der Waals surface area contributed by atoms with Gasteiger partial charge in [-0.05, 0) is 12.8 Å². The van der Waals surface area contributed by atoms with E-state index in [1.807, 2.05) is 0 Å². The van der Waals surface area contributed by atoms with Gasteiger partial charge in [0.1, 0.15) is 5.92 Å². The number of carbonyl (C=O) groups excluding carboxylic acids is 3. The highest BCUT2D eigenvalue weighted by atomic mass is 16.2. The van der Waals surface area contributed by atoms with E-state index >= 15 is 0 Å². The Morgan fingerprint density at radius 3 is 2.55 bits per heavy atom. The molecule has 0 saturated heterocycles. The third kappa shape index (κ3) is 2.03. The lowest BCUT2D eigenvalue weighted by molar-refractivity contribution is -0.129. The minimum Gasteiger partial charge on any atom is -0.298 e. The minimum absolute atomic E-state index is 0.277. The molecule has 0 bridgehead atoms. The molecule has 0 aromatic carbocycles. The predicted molar refractivity (Wildman–Crippen MR) is 69.3 cm³/mol. The van der Waals surface area contributed by atoms with E-state index in [4.69, 9.17) is 0 Å². The van der Waals surface area contributed by atoms with Crippen molar-refractivity contribution in [2.24, 2.45) is 5.92 Å². The van der Waals surface area contributed by atoms with Gasteiger partial charge in [0.2, 0.25) is 0 Å². The summed E-state index contributed by atoms with van der Waals surface area (Å²) in [5.74, 6) is -2.17. The molecule has 102 valence electrons. The van der Waals surface area contributed by atoms with Crippen molar-refractivity contribution < 1.29 is 14.4 Å². The molecule has 0 aliphatic heterocycles. The number of carbonyl (C=O) groups is 3. The van der Waals surface area contributed by atoms with Crippen molar-refractivity contribution >= 4 is 22.9 Å². The first-order chi connectivity index (χ1) is 9.68. The van der Waals surface area contributed by atoms with E-state index in [2.05, 4.69) is 10.1 Å². The Labute approximate surface area is 114 Å².